The Morgan fingerprint density at radius 2 is 2.23 bits per heavy atom. The van der Waals surface area contributed by atoms with Crippen molar-refractivity contribution in [2.45, 2.75) is 24.8 Å². The molecule has 0 aromatic rings. The van der Waals surface area contributed by atoms with E-state index in [1.807, 2.05) is 0 Å². The lowest BCUT2D eigenvalue weighted by atomic mass is 9.95. The van der Waals surface area contributed by atoms with E-state index in [-0.39, 0.29) is 6.42 Å². The van der Waals surface area contributed by atoms with Gasteiger partial charge in [-0.05, 0) is 26.4 Å². The summed E-state index contributed by atoms with van der Waals surface area (Å²) in [5.74, 6) is -1.65. The summed E-state index contributed by atoms with van der Waals surface area (Å²) in [6, 6.07) is 0. The Morgan fingerprint density at radius 3 is 2.54 bits per heavy atom. The molecular weight excluding hydrogens is 182 g/mol. The van der Waals surface area contributed by atoms with Gasteiger partial charge in [0.25, 0.3) is 6.43 Å². The second kappa shape index (κ2) is 5.08. The maximum atomic E-state index is 12.2. The number of aliphatic carboxylic acids is 1. The van der Waals surface area contributed by atoms with E-state index in [1.54, 1.807) is 7.05 Å². The zero-order chi connectivity index (χ0) is 10.5. The van der Waals surface area contributed by atoms with Gasteiger partial charge in [-0.25, -0.2) is 13.6 Å². The van der Waals surface area contributed by atoms with E-state index < -0.39 is 17.9 Å². The number of carbonyl (C=O) groups is 1. The number of halogens is 2. The van der Waals surface area contributed by atoms with Crippen molar-refractivity contribution in [3.05, 3.63) is 0 Å². The molecule has 0 heterocycles. The lowest BCUT2D eigenvalue weighted by Crippen LogP contribution is -2.54. The Bertz CT molecular complexity index is 178. The maximum Gasteiger partial charge on any atom is 0.329 e. The zero-order valence-electron chi connectivity index (χ0n) is 7.39. The van der Waals surface area contributed by atoms with Crippen molar-refractivity contribution in [2.24, 2.45) is 5.73 Å². The van der Waals surface area contributed by atoms with Gasteiger partial charge >= 0.3 is 5.97 Å². The van der Waals surface area contributed by atoms with Gasteiger partial charge in [0, 0.05) is 0 Å². The molecule has 0 spiro atoms. The first-order valence-corrected chi connectivity index (χ1v) is 3.90. The van der Waals surface area contributed by atoms with Crippen molar-refractivity contribution in [2.75, 3.05) is 13.6 Å². The molecule has 6 heteroatoms. The van der Waals surface area contributed by atoms with Gasteiger partial charge in [-0.2, -0.15) is 0 Å². The molecule has 0 fully saturated rings. The smallest absolute Gasteiger partial charge is 0.329 e. The van der Waals surface area contributed by atoms with Crippen LogP contribution in [0.5, 0.6) is 0 Å². The standard InChI is InChI=1S/C7H14F2N2O2/c1-11-4-2-3-7(10,5(8)9)6(12)13/h5,11H,2-4,10H2,1H3,(H,12,13)/t7-/m1/s1. The fourth-order valence-corrected chi connectivity index (χ4v) is 0.867. The van der Waals surface area contributed by atoms with Gasteiger partial charge in [0.1, 0.15) is 0 Å². The van der Waals surface area contributed by atoms with Crippen LogP contribution in [0.15, 0.2) is 0 Å². The minimum absolute atomic E-state index is 0.235. The molecule has 78 valence electrons. The molecule has 0 saturated carbocycles. The molecule has 0 aliphatic heterocycles. The number of rotatable bonds is 6. The number of carboxylic acid groups (broad SMARTS) is 1. The third-order valence-electron chi connectivity index (χ3n) is 1.80. The van der Waals surface area contributed by atoms with Crippen molar-refractivity contribution < 1.29 is 18.7 Å². The quantitative estimate of drug-likeness (QED) is 0.524. The van der Waals surface area contributed by atoms with Gasteiger partial charge in [-0.3, -0.25) is 0 Å². The molecule has 0 aromatic carbocycles. The summed E-state index contributed by atoms with van der Waals surface area (Å²) in [6.07, 6.45) is -2.97. The van der Waals surface area contributed by atoms with E-state index >= 15 is 0 Å². The summed E-state index contributed by atoms with van der Waals surface area (Å²) < 4.78 is 24.5. The molecule has 1 atom stereocenters. The van der Waals surface area contributed by atoms with Crippen LogP contribution in [-0.2, 0) is 4.79 Å². The van der Waals surface area contributed by atoms with Crippen LogP contribution in [0.2, 0.25) is 0 Å². The summed E-state index contributed by atoms with van der Waals surface area (Å²) in [4.78, 5) is 10.4. The highest BCUT2D eigenvalue weighted by molar-refractivity contribution is 5.79. The first-order valence-electron chi connectivity index (χ1n) is 3.90. The maximum absolute atomic E-state index is 12.2. The third-order valence-corrected chi connectivity index (χ3v) is 1.80. The van der Waals surface area contributed by atoms with Gasteiger partial charge in [0.15, 0.2) is 5.54 Å². The first kappa shape index (κ1) is 12.2. The number of hydrogen-bond acceptors (Lipinski definition) is 3. The molecular formula is C7H14F2N2O2. The van der Waals surface area contributed by atoms with Crippen LogP contribution in [0, 0.1) is 0 Å². The zero-order valence-corrected chi connectivity index (χ0v) is 7.39. The number of alkyl halides is 2. The Morgan fingerprint density at radius 1 is 1.69 bits per heavy atom. The van der Waals surface area contributed by atoms with E-state index in [0.29, 0.717) is 13.0 Å². The minimum atomic E-state index is -3.04. The van der Waals surface area contributed by atoms with Gasteiger partial charge in [-0.1, -0.05) is 0 Å². The number of hydrogen-bond donors (Lipinski definition) is 3. The minimum Gasteiger partial charge on any atom is -0.480 e. The summed E-state index contributed by atoms with van der Waals surface area (Å²) in [7, 11) is 1.65. The van der Waals surface area contributed by atoms with Crippen LogP contribution < -0.4 is 11.1 Å². The highest BCUT2D eigenvalue weighted by Gasteiger charge is 2.43. The summed E-state index contributed by atoms with van der Waals surface area (Å²) in [6.45, 7) is 0.471. The Kier molecular flexibility index (Phi) is 4.79. The average molecular weight is 196 g/mol. The largest absolute Gasteiger partial charge is 0.480 e. The number of nitrogens with one attached hydrogen (secondary N) is 1. The second-order valence-corrected chi connectivity index (χ2v) is 2.85. The van der Waals surface area contributed by atoms with Crippen LogP contribution >= 0.6 is 0 Å². The van der Waals surface area contributed by atoms with Crippen LogP contribution in [0.3, 0.4) is 0 Å². The van der Waals surface area contributed by atoms with Crippen LogP contribution in [0.1, 0.15) is 12.8 Å². The molecule has 0 aliphatic rings. The molecule has 0 radical (unpaired) electrons. The van der Waals surface area contributed by atoms with Gasteiger partial charge in [0.2, 0.25) is 0 Å². The van der Waals surface area contributed by atoms with Crippen molar-refractivity contribution in [3.63, 3.8) is 0 Å². The summed E-state index contributed by atoms with van der Waals surface area (Å²) in [5, 5.41) is 11.2. The van der Waals surface area contributed by atoms with Crippen molar-refractivity contribution in [3.8, 4) is 0 Å². The van der Waals surface area contributed by atoms with E-state index in [0.717, 1.165) is 0 Å². The molecule has 0 amide bonds. The molecule has 4 N–H and O–H groups in total. The predicted octanol–water partition coefficient (Wildman–Crippen LogP) is 0.0332. The second-order valence-electron chi connectivity index (χ2n) is 2.85. The lowest BCUT2D eigenvalue weighted by molar-refractivity contribution is -0.150. The fraction of sp³-hybridized carbons (Fsp3) is 0.857. The molecule has 0 rings (SSSR count). The van der Waals surface area contributed by atoms with E-state index in [9.17, 15) is 13.6 Å². The molecule has 0 saturated heterocycles. The van der Waals surface area contributed by atoms with Crippen molar-refractivity contribution in [1.29, 1.82) is 0 Å². The fourth-order valence-electron chi connectivity index (χ4n) is 0.867. The molecule has 13 heavy (non-hydrogen) atoms. The Balaban J connectivity index is 4.17. The van der Waals surface area contributed by atoms with Crippen LogP contribution in [0.25, 0.3) is 0 Å². The molecule has 0 aliphatic carbocycles. The van der Waals surface area contributed by atoms with Crippen LogP contribution in [-0.4, -0.2) is 36.6 Å². The molecule has 4 nitrogen and oxygen atoms in total. The van der Waals surface area contributed by atoms with E-state index in [4.69, 9.17) is 10.8 Å². The first-order chi connectivity index (χ1) is 5.95. The highest BCUT2D eigenvalue weighted by Crippen LogP contribution is 2.18. The van der Waals surface area contributed by atoms with Crippen molar-refractivity contribution in [1.82, 2.24) is 5.32 Å². The normalized spacial score (nSPS) is 15.8. The highest BCUT2D eigenvalue weighted by atomic mass is 19.3. The van der Waals surface area contributed by atoms with Gasteiger partial charge in [-0.15, -0.1) is 0 Å². The Hall–Kier alpha value is -0.750. The summed E-state index contributed by atoms with van der Waals surface area (Å²) in [5.41, 5.74) is 2.64. The lowest BCUT2D eigenvalue weighted by Gasteiger charge is -2.23. The van der Waals surface area contributed by atoms with Crippen LogP contribution in [0.4, 0.5) is 8.78 Å². The van der Waals surface area contributed by atoms with E-state index in [2.05, 4.69) is 5.32 Å². The topological polar surface area (TPSA) is 75.3 Å². The van der Waals surface area contributed by atoms with E-state index in [1.165, 1.54) is 0 Å². The Labute approximate surface area is 75.1 Å². The molecule has 0 aromatic heterocycles. The predicted molar refractivity (Wildman–Crippen MR) is 43.7 cm³/mol. The van der Waals surface area contributed by atoms with Gasteiger partial charge < -0.3 is 16.2 Å². The third kappa shape index (κ3) is 3.23. The van der Waals surface area contributed by atoms with Gasteiger partial charge in [0.05, 0.1) is 0 Å². The molecule has 0 unspecified atom stereocenters. The SMILES string of the molecule is CNCCC[C@](N)(C(=O)O)C(F)F. The summed E-state index contributed by atoms with van der Waals surface area (Å²) >= 11 is 0. The molecule has 0 bridgehead atoms. The number of nitrogens with two attached hydrogens (primary N) is 1. The average Bonchev–Trinajstić information content (AvgIpc) is 2.03. The monoisotopic (exact) mass is 196 g/mol. The van der Waals surface area contributed by atoms with Crippen molar-refractivity contribution >= 4 is 5.97 Å². The number of carboxylic acids is 1.